The van der Waals surface area contributed by atoms with Crippen molar-refractivity contribution in [2.24, 2.45) is 5.73 Å². The van der Waals surface area contributed by atoms with E-state index in [9.17, 15) is 0 Å². The summed E-state index contributed by atoms with van der Waals surface area (Å²) in [4.78, 5) is 0. The van der Waals surface area contributed by atoms with Crippen LogP contribution in [0.1, 0.15) is 91.4 Å². The van der Waals surface area contributed by atoms with E-state index >= 15 is 0 Å². The fraction of sp³-hybridized carbons (Fsp3) is 1.00. The molecule has 0 spiro atoms. The zero-order chi connectivity index (χ0) is 12.5. The fourth-order valence-electron chi connectivity index (χ4n) is 1.63. The number of nitrogens with two attached hydrogens (primary N) is 1. The third-order valence-corrected chi connectivity index (χ3v) is 2.76. The number of unbranched alkanes of at least 4 members (excludes halogenated alkanes) is 9. The minimum absolute atomic E-state index is 0.870. The van der Waals surface area contributed by atoms with E-state index in [1.807, 2.05) is 0 Å². The van der Waals surface area contributed by atoms with E-state index in [4.69, 9.17) is 5.73 Å². The molecule has 0 heterocycles. The first-order chi connectivity index (χ1) is 7.83. The molecule has 0 fully saturated rings. The molecule has 0 saturated carbocycles. The van der Waals surface area contributed by atoms with Crippen LogP contribution in [0.25, 0.3) is 0 Å². The average molecular weight is 229 g/mol. The molecule has 0 aliphatic heterocycles. The van der Waals surface area contributed by atoms with Crippen molar-refractivity contribution in [3.63, 3.8) is 0 Å². The minimum Gasteiger partial charge on any atom is -0.330 e. The molecule has 0 aromatic carbocycles. The Kier molecular flexibility index (Phi) is 23.3. The molecular weight excluding hydrogens is 194 g/mol. The minimum atomic E-state index is 0.870. The molecular formula is C15H35N. The highest BCUT2D eigenvalue weighted by molar-refractivity contribution is 4.45. The van der Waals surface area contributed by atoms with Gasteiger partial charge in [-0.1, -0.05) is 85.0 Å². The van der Waals surface area contributed by atoms with Crippen molar-refractivity contribution in [2.45, 2.75) is 91.4 Å². The van der Waals surface area contributed by atoms with Crippen LogP contribution in [0.3, 0.4) is 0 Å². The topological polar surface area (TPSA) is 26.0 Å². The van der Waals surface area contributed by atoms with E-state index in [0.29, 0.717) is 0 Å². The molecule has 0 aliphatic rings. The van der Waals surface area contributed by atoms with Gasteiger partial charge in [-0.2, -0.15) is 0 Å². The van der Waals surface area contributed by atoms with Gasteiger partial charge in [0.2, 0.25) is 0 Å². The van der Waals surface area contributed by atoms with Crippen LogP contribution in [0, 0.1) is 0 Å². The van der Waals surface area contributed by atoms with Crippen LogP contribution in [-0.4, -0.2) is 6.54 Å². The number of rotatable bonds is 10. The highest BCUT2D eigenvalue weighted by Crippen LogP contribution is 2.07. The van der Waals surface area contributed by atoms with Crippen molar-refractivity contribution >= 4 is 0 Å². The number of hydrogen-bond donors (Lipinski definition) is 1. The van der Waals surface area contributed by atoms with Crippen LogP contribution in [0.5, 0.6) is 0 Å². The van der Waals surface area contributed by atoms with Crippen LogP contribution >= 0.6 is 0 Å². The molecule has 0 amide bonds. The molecule has 0 aliphatic carbocycles. The first-order valence-corrected chi connectivity index (χ1v) is 7.53. The Morgan fingerprint density at radius 2 is 0.875 bits per heavy atom. The SMILES string of the molecule is CCCCC.CCCCCCCCCCN. The van der Waals surface area contributed by atoms with Gasteiger partial charge < -0.3 is 5.73 Å². The molecule has 0 radical (unpaired) electrons. The molecule has 0 atom stereocenters. The molecule has 0 aromatic rings. The summed E-state index contributed by atoms with van der Waals surface area (Å²) in [5, 5.41) is 0. The lowest BCUT2D eigenvalue weighted by Gasteiger charge is -1.99. The van der Waals surface area contributed by atoms with Gasteiger partial charge in [-0.25, -0.2) is 0 Å². The lowest BCUT2D eigenvalue weighted by atomic mass is 10.1. The Hall–Kier alpha value is -0.0400. The summed E-state index contributed by atoms with van der Waals surface area (Å²) < 4.78 is 0. The van der Waals surface area contributed by atoms with Crippen LogP contribution in [0.4, 0.5) is 0 Å². The Bertz CT molecular complexity index is 81.4. The number of hydrogen-bond acceptors (Lipinski definition) is 1. The van der Waals surface area contributed by atoms with E-state index in [1.165, 1.54) is 70.6 Å². The molecule has 1 heteroatoms. The van der Waals surface area contributed by atoms with Gasteiger partial charge in [0.05, 0.1) is 0 Å². The van der Waals surface area contributed by atoms with E-state index in [1.54, 1.807) is 0 Å². The summed E-state index contributed by atoms with van der Waals surface area (Å²) in [6.07, 6.45) is 15.1. The molecule has 0 saturated heterocycles. The quantitative estimate of drug-likeness (QED) is 0.507. The highest BCUT2D eigenvalue weighted by Gasteiger charge is 1.89. The van der Waals surface area contributed by atoms with E-state index in [0.717, 1.165) is 6.54 Å². The van der Waals surface area contributed by atoms with Crippen LogP contribution in [0.15, 0.2) is 0 Å². The Balaban J connectivity index is 0. The van der Waals surface area contributed by atoms with Gasteiger partial charge >= 0.3 is 0 Å². The highest BCUT2D eigenvalue weighted by atomic mass is 14.5. The van der Waals surface area contributed by atoms with Gasteiger partial charge in [0.1, 0.15) is 0 Å². The molecule has 1 nitrogen and oxygen atoms in total. The second-order valence-corrected chi connectivity index (χ2v) is 4.62. The van der Waals surface area contributed by atoms with E-state index in [2.05, 4.69) is 20.8 Å². The predicted octanol–water partition coefficient (Wildman–Crippen LogP) is 5.28. The summed E-state index contributed by atoms with van der Waals surface area (Å²) in [6, 6.07) is 0. The van der Waals surface area contributed by atoms with Gasteiger partial charge in [0.25, 0.3) is 0 Å². The Morgan fingerprint density at radius 1 is 0.500 bits per heavy atom. The van der Waals surface area contributed by atoms with Gasteiger partial charge in [-0.15, -0.1) is 0 Å². The van der Waals surface area contributed by atoms with E-state index < -0.39 is 0 Å². The maximum Gasteiger partial charge on any atom is -0.00773 e. The van der Waals surface area contributed by atoms with Gasteiger partial charge in [-0.3, -0.25) is 0 Å². The Labute approximate surface area is 104 Å². The summed E-state index contributed by atoms with van der Waals surface area (Å²) >= 11 is 0. The first kappa shape index (κ1) is 18.3. The Morgan fingerprint density at radius 3 is 1.19 bits per heavy atom. The maximum atomic E-state index is 5.39. The van der Waals surface area contributed by atoms with Gasteiger partial charge in [0.15, 0.2) is 0 Å². The van der Waals surface area contributed by atoms with Crippen molar-refractivity contribution in [1.29, 1.82) is 0 Å². The smallest absolute Gasteiger partial charge is 0.00773 e. The van der Waals surface area contributed by atoms with Gasteiger partial charge in [0, 0.05) is 0 Å². The van der Waals surface area contributed by atoms with Crippen molar-refractivity contribution < 1.29 is 0 Å². The largest absolute Gasteiger partial charge is 0.330 e. The zero-order valence-electron chi connectivity index (χ0n) is 12.1. The molecule has 0 rings (SSSR count). The second-order valence-electron chi connectivity index (χ2n) is 4.62. The standard InChI is InChI=1S/C10H23N.C5H12/c1-2-3-4-5-6-7-8-9-10-11;1-3-5-4-2/h2-11H2,1H3;3-5H2,1-2H3. The summed E-state index contributed by atoms with van der Waals surface area (Å²) in [5.41, 5.74) is 5.39. The molecule has 2 N–H and O–H groups in total. The molecule has 16 heavy (non-hydrogen) atoms. The van der Waals surface area contributed by atoms with Crippen LogP contribution < -0.4 is 5.73 Å². The van der Waals surface area contributed by atoms with Gasteiger partial charge in [-0.05, 0) is 13.0 Å². The second kappa shape index (κ2) is 20.4. The average Bonchev–Trinajstić information content (AvgIpc) is 2.30. The lowest BCUT2D eigenvalue weighted by molar-refractivity contribution is 0.578. The molecule has 0 unspecified atom stereocenters. The zero-order valence-corrected chi connectivity index (χ0v) is 12.1. The third kappa shape index (κ3) is 23.6. The van der Waals surface area contributed by atoms with Crippen molar-refractivity contribution in [2.75, 3.05) is 6.54 Å². The lowest BCUT2D eigenvalue weighted by Crippen LogP contribution is -1.97. The normalized spacial score (nSPS) is 9.75. The summed E-state index contributed by atoms with van der Waals surface area (Å²) in [6.45, 7) is 7.55. The van der Waals surface area contributed by atoms with Crippen LogP contribution in [0.2, 0.25) is 0 Å². The van der Waals surface area contributed by atoms with Crippen molar-refractivity contribution in [3.8, 4) is 0 Å². The predicted molar refractivity (Wildman–Crippen MR) is 76.9 cm³/mol. The summed E-state index contributed by atoms with van der Waals surface area (Å²) in [7, 11) is 0. The van der Waals surface area contributed by atoms with Crippen molar-refractivity contribution in [3.05, 3.63) is 0 Å². The fourth-order valence-corrected chi connectivity index (χ4v) is 1.63. The molecule has 0 aromatic heterocycles. The molecule has 100 valence electrons. The third-order valence-electron chi connectivity index (χ3n) is 2.76. The monoisotopic (exact) mass is 229 g/mol. The van der Waals surface area contributed by atoms with Crippen molar-refractivity contribution in [1.82, 2.24) is 0 Å². The van der Waals surface area contributed by atoms with Crippen LogP contribution in [-0.2, 0) is 0 Å². The molecule has 0 bridgehead atoms. The summed E-state index contributed by atoms with van der Waals surface area (Å²) in [5.74, 6) is 0. The van der Waals surface area contributed by atoms with E-state index in [-0.39, 0.29) is 0 Å². The maximum absolute atomic E-state index is 5.39. The first-order valence-electron chi connectivity index (χ1n) is 7.53.